The summed E-state index contributed by atoms with van der Waals surface area (Å²) in [6, 6.07) is 16.0. The van der Waals surface area contributed by atoms with Gasteiger partial charge in [0.2, 0.25) is 29.4 Å². The van der Waals surface area contributed by atoms with Gasteiger partial charge in [0.05, 0.1) is 38.4 Å². The van der Waals surface area contributed by atoms with Crippen molar-refractivity contribution in [2.75, 3.05) is 81.4 Å². The van der Waals surface area contributed by atoms with Crippen molar-refractivity contribution in [3.63, 3.8) is 0 Å². The molecule has 0 spiro atoms. The molecule has 0 aliphatic carbocycles. The molecule has 5 atom stereocenters. The van der Waals surface area contributed by atoms with Crippen LogP contribution in [-0.4, -0.2) is 183 Å². The Morgan fingerprint density at radius 2 is 1.40 bits per heavy atom. The van der Waals surface area contributed by atoms with Crippen LogP contribution in [0, 0.1) is 5.41 Å². The number of methoxy groups -OCH3 is 2. The van der Waals surface area contributed by atoms with Crippen LogP contribution in [0.25, 0.3) is 0 Å². The molecule has 82 heavy (non-hydrogen) atoms. The summed E-state index contributed by atoms with van der Waals surface area (Å²) in [5.74, 6) is -4.84. The van der Waals surface area contributed by atoms with Gasteiger partial charge in [-0.1, -0.05) is 54.6 Å². The quantitative estimate of drug-likeness (QED) is 0.226. The number of carbonyl (C=O) groups excluding carboxylic acids is 9. The Morgan fingerprint density at radius 1 is 0.707 bits per heavy atom. The summed E-state index contributed by atoms with van der Waals surface area (Å²) in [6.45, 7) is 7.19. The molecule has 0 aromatic heterocycles. The molecule has 0 radical (unpaired) electrons. The molecule has 3 aliphatic heterocycles. The highest BCUT2D eigenvalue weighted by Crippen LogP contribution is 2.33. The molecule has 3 aliphatic rings. The van der Waals surface area contributed by atoms with E-state index in [4.69, 9.17) is 28.4 Å². The molecule has 1 N–H and O–H groups in total. The number of ether oxygens (including phenoxy) is 6. The highest BCUT2D eigenvalue weighted by molar-refractivity contribution is 6.38. The van der Waals surface area contributed by atoms with E-state index >= 15 is 0 Å². The van der Waals surface area contributed by atoms with Crippen LogP contribution in [0.15, 0.2) is 84.9 Å². The molecule has 0 saturated carbocycles. The highest BCUT2D eigenvalue weighted by atomic mass is 16.5. The number of nitrogens with zero attached hydrogens (tertiary/aromatic N) is 5. The maximum absolute atomic E-state index is 14.8. The van der Waals surface area contributed by atoms with Gasteiger partial charge in [0, 0.05) is 46.9 Å². The van der Waals surface area contributed by atoms with Crippen LogP contribution < -0.4 is 19.5 Å². The van der Waals surface area contributed by atoms with Crippen LogP contribution in [0.4, 0.5) is 0 Å². The monoisotopic (exact) mass is 1140 g/mol. The van der Waals surface area contributed by atoms with E-state index < -0.39 is 108 Å². The normalized spacial score (nSPS) is 23.4. The van der Waals surface area contributed by atoms with Crippen molar-refractivity contribution < 1.29 is 71.6 Å². The number of piperidine rings is 1. The van der Waals surface area contributed by atoms with Crippen molar-refractivity contribution in [1.29, 1.82) is 0 Å². The average molecular weight is 1140 g/mol. The molecular formula is C61H80N6O15. The van der Waals surface area contributed by atoms with E-state index in [1.54, 1.807) is 67.7 Å². The van der Waals surface area contributed by atoms with Crippen LogP contribution in [0.3, 0.4) is 0 Å². The molecular weight excluding hydrogens is 1060 g/mol. The first kappa shape index (κ1) is 63.4. The van der Waals surface area contributed by atoms with Gasteiger partial charge in [0.25, 0.3) is 11.8 Å². The van der Waals surface area contributed by atoms with Gasteiger partial charge in [0.1, 0.15) is 42.6 Å². The van der Waals surface area contributed by atoms with Gasteiger partial charge in [-0.3, -0.25) is 33.6 Å². The van der Waals surface area contributed by atoms with E-state index in [1.807, 2.05) is 32.9 Å². The molecule has 6 amide bonds. The van der Waals surface area contributed by atoms with E-state index in [2.05, 4.69) is 5.32 Å². The summed E-state index contributed by atoms with van der Waals surface area (Å²) < 4.78 is 34.9. The van der Waals surface area contributed by atoms with E-state index in [0.29, 0.717) is 54.7 Å². The lowest BCUT2D eigenvalue weighted by Gasteiger charge is -2.36. The molecule has 1 unspecified atom stereocenters. The van der Waals surface area contributed by atoms with Crippen LogP contribution >= 0.6 is 0 Å². The lowest BCUT2D eigenvalue weighted by molar-refractivity contribution is -0.165. The Labute approximate surface area is 480 Å². The number of carbonyl (C=O) groups is 9. The fourth-order valence-corrected chi connectivity index (χ4v) is 9.88. The van der Waals surface area contributed by atoms with Crippen molar-refractivity contribution in [3.05, 3.63) is 102 Å². The predicted molar refractivity (Wildman–Crippen MR) is 301 cm³/mol. The number of hydrogen-bond donors (Lipinski definition) is 1. The van der Waals surface area contributed by atoms with Gasteiger partial charge < -0.3 is 58.2 Å². The Bertz CT molecular complexity index is 2810. The number of amides is 6. The first-order valence-electron chi connectivity index (χ1n) is 27.8. The fourth-order valence-electron chi connectivity index (χ4n) is 9.88. The standard InChI is InChI=1S/C61H80N6O15/c1-60(2,3)81-37-46-56(73)66-33-19-25-44(66)55(72)63(6)31-16-15-26-52(70)80-39-61(4,5)54(71)58(75)67-32-17-14-24-45(67)59(76)82-47(29-27-40-28-30-48(77-9)49(34-40)78-10)42-22-18-23-43(35-42)79-38-51(69)64(7)36-50(68)62-53(57(74)65(46)8)41-20-12-11-13-21-41/h11-13,15,18,20-23,26,28,30,34-35,44-47,53H,14,16-17,19,24-25,27,29,31-33,36-39H2,1-10H3,(H,62,68)/b26-15-/t44-,45-,46-,47+,53?/m0/s1. The molecule has 2 bridgehead atoms. The third kappa shape index (κ3) is 16.9. The van der Waals surface area contributed by atoms with Crippen molar-refractivity contribution in [3.8, 4) is 17.2 Å². The number of fused-ring (bicyclic) bond motifs is 4. The Balaban J connectivity index is 1.30. The zero-order valence-electron chi connectivity index (χ0n) is 48.9. The molecule has 2 fully saturated rings. The highest BCUT2D eigenvalue weighted by Gasteiger charge is 2.44. The topological polar surface area (TPSA) is 237 Å². The fraction of sp³-hybridized carbons (Fsp3) is 0.525. The Morgan fingerprint density at radius 3 is 2.11 bits per heavy atom. The summed E-state index contributed by atoms with van der Waals surface area (Å²) in [6.07, 6.45) is 4.81. The molecule has 3 heterocycles. The van der Waals surface area contributed by atoms with Crippen LogP contribution in [0.2, 0.25) is 0 Å². The number of likely N-dealkylation sites (N-methyl/N-ethyl adjacent to an activating group) is 3. The minimum atomic E-state index is -1.49. The van der Waals surface area contributed by atoms with Gasteiger partial charge in [-0.05, 0) is 127 Å². The predicted octanol–water partition coefficient (Wildman–Crippen LogP) is 5.19. The first-order chi connectivity index (χ1) is 38.9. The third-order valence-electron chi connectivity index (χ3n) is 14.8. The number of ketones is 1. The summed E-state index contributed by atoms with van der Waals surface area (Å²) in [5.41, 5.74) is -0.480. The first-order valence-corrected chi connectivity index (χ1v) is 27.8. The number of hydrogen-bond acceptors (Lipinski definition) is 15. The number of nitrogens with one attached hydrogen (secondary N) is 1. The second kappa shape index (κ2) is 28.7. The van der Waals surface area contributed by atoms with Crippen LogP contribution in [0.5, 0.6) is 17.2 Å². The number of cyclic esters (lactones) is 2. The third-order valence-corrected chi connectivity index (χ3v) is 14.8. The maximum atomic E-state index is 14.8. The zero-order chi connectivity index (χ0) is 59.9. The molecule has 444 valence electrons. The van der Waals surface area contributed by atoms with Gasteiger partial charge in [-0.2, -0.15) is 0 Å². The van der Waals surface area contributed by atoms with E-state index in [1.165, 1.54) is 73.9 Å². The SMILES string of the molecule is COc1ccc(CC[C@H]2OC(=O)[C@@H]3CCCCN3C(=O)C(=O)C(C)(C)COC(=O)/C=C\CCN(C)C(=O)[C@@H]3CCCN3C(=O)[C@H](COC(C)(C)C)N(C)C(=O)C(c3ccccc3)NC(=O)CN(C)C(=O)COc3cccc2c3)cc1OC. The smallest absolute Gasteiger partial charge is 0.330 e. The van der Waals surface area contributed by atoms with Crippen molar-refractivity contribution in [2.45, 2.75) is 122 Å². The van der Waals surface area contributed by atoms with Crippen molar-refractivity contribution in [1.82, 2.24) is 29.8 Å². The minimum absolute atomic E-state index is 0.106. The molecule has 3 aromatic carbocycles. The number of Topliss-reactive ketones (excluding diaryl/α,β-unsaturated/α-hetero) is 1. The molecule has 21 heteroatoms. The van der Waals surface area contributed by atoms with Gasteiger partial charge in [-0.25, -0.2) is 9.59 Å². The molecule has 2 saturated heterocycles. The number of aryl methyl sites for hydroxylation is 1. The summed E-state index contributed by atoms with van der Waals surface area (Å²) in [4.78, 5) is 133. The number of esters is 2. The molecule has 6 rings (SSSR count). The Kier molecular flexibility index (Phi) is 22.2. The van der Waals surface area contributed by atoms with E-state index in [9.17, 15) is 43.2 Å². The van der Waals surface area contributed by atoms with Crippen molar-refractivity contribution in [2.24, 2.45) is 5.41 Å². The lowest BCUT2D eigenvalue weighted by Crippen LogP contribution is -2.57. The van der Waals surface area contributed by atoms with Gasteiger partial charge in [-0.15, -0.1) is 0 Å². The summed E-state index contributed by atoms with van der Waals surface area (Å²) in [5, 5.41) is 2.78. The van der Waals surface area contributed by atoms with Gasteiger partial charge >= 0.3 is 11.9 Å². The zero-order valence-corrected chi connectivity index (χ0v) is 48.9. The Hall–Kier alpha value is -7.81. The number of benzene rings is 3. The van der Waals surface area contributed by atoms with Crippen molar-refractivity contribution >= 4 is 53.2 Å². The van der Waals surface area contributed by atoms with Crippen LogP contribution in [-0.2, 0) is 63.8 Å². The second-order valence-corrected chi connectivity index (χ2v) is 22.5. The average Bonchev–Trinajstić information content (AvgIpc) is 4.09. The van der Waals surface area contributed by atoms with Crippen LogP contribution in [0.1, 0.15) is 108 Å². The summed E-state index contributed by atoms with van der Waals surface area (Å²) in [7, 11) is 7.49. The largest absolute Gasteiger partial charge is 0.493 e. The van der Waals surface area contributed by atoms with E-state index in [-0.39, 0.29) is 57.2 Å². The number of rotatable bonds is 8. The minimum Gasteiger partial charge on any atom is -0.493 e. The molecule has 21 nitrogen and oxygen atoms in total. The molecule has 3 aromatic rings. The second-order valence-electron chi connectivity index (χ2n) is 22.5. The van der Waals surface area contributed by atoms with E-state index in [0.717, 1.165) is 10.5 Å². The summed E-state index contributed by atoms with van der Waals surface area (Å²) >= 11 is 0. The maximum Gasteiger partial charge on any atom is 0.330 e. The van der Waals surface area contributed by atoms with Gasteiger partial charge in [0.15, 0.2) is 18.1 Å². The lowest BCUT2D eigenvalue weighted by atomic mass is 9.87.